The lowest BCUT2D eigenvalue weighted by Gasteiger charge is -2.42. The zero-order valence-electron chi connectivity index (χ0n) is 44.9. The van der Waals surface area contributed by atoms with E-state index in [-0.39, 0.29) is 25.6 Å². The Hall–Kier alpha value is -2.05. The maximum atomic E-state index is 13.0. The molecule has 0 bridgehead atoms. The SMILES string of the molecule is CCCCC/C=C\CCCCCCCC(=O)OC(COCCCCCCCCCCCCC/C=C\C/C=C\C/C=C\CCCCCCC)COC1OC(COC2OC(CO)C(O)C(O)C2O)C(O)C(O)C1O. The first kappa shape index (κ1) is 66.1. The fourth-order valence-electron chi connectivity index (χ4n) is 8.88. The highest BCUT2D eigenvalue weighted by Gasteiger charge is 2.47. The second kappa shape index (κ2) is 45.2. The highest BCUT2D eigenvalue weighted by atomic mass is 16.7. The quantitative estimate of drug-likeness (QED) is 0.0172. The van der Waals surface area contributed by atoms with Crippen molar-refractivity contribution in [3.8, 4) is 0 Å². The predicted octanol–water partition coefficient (Wildman–Crippen LogP) is 9.91. The number of aliphatic hydroxyl groups excluding tert-OH is 7. The number of esters is 1. The zero-order chi connectivity index (χ0) is 52.3. The van der Waals surface area contributed by atoms with Gasteiger partial charge in [-0.3, -0.25) is 4.79 Å². The van der Waals surface area contributed by atoms with Crippen molar-refractivity contribution in [2.24, 2.45) is 0 Å². The number of rotatable bonds is 46. The van der Waals surface area contributed by atoms with Crippen LogP contribution < -0.4 is 0 Å². The average Bonchev–Trinajstić information content (AvgIpc) is 3.38. The van der Waals surface area contributed by atoms with Crippen LogP contribution in [0, 0.1) is 0 Å². The minimum Gasteiger partial charge on any atom is -0.457 e. The minimum atomic E-state index is -1.71. The molecule has 14 heteroatoms. The van der Waals surface area contributed by atoms with Gasteiger partial charge in [-0.15, -0.1) is 0 Å². The summed E-state index contributed by atoms with van der Waals surface area (Å²) in [5, 5.41) is 72.2. The summed E-state index contributed by atoms with van der Waals surface area (Å²) in [7, 11) is 0. The summed E-state index contributed by atoms with van der Waals surface area (Å²) in [6.07, 6.45) is 37.5. The van der Waals surface area contributed by atoms with Crippen LogP contribution in [0.4, 0.5) is 0 Å². The largest absolute Gasteiger partial charge is 0.457 e. The Labute approximate surface area is 435 Å². The molecule has 0 amide bonds. The molecule has 72 heavy (non-hydrogen) atoms. The number of ether oxygens (including phenoxy) is 6. The predicted molar refractivity (Wildman–Crippen MR) is 284 cm³/mol. The van der Waals surface area contributed by atoms with Crippen LogP contribution in [0.2, 0.25) is 0 Å². The molecular weight excluding hydrogens is 921 g/mol. The Bertz CT molecular complexity index is 1370. The molecule has 0 aromatic carbocycles. The Morgan fingerprint density at radius 1 is 0.458 bits per heavy atom. The number of unbranched alkanes of at least 4 members (excludes halogenated alkanes) is 24. The topological polar surface area (TPSA) is 214 Å². The smallest absolute Gasteiger partial charge is 0.306 e. The molecule has 7 N–H and O–H groups in total. The van der Waals surface area contributed by atoms with Crippen LogP contribution in [-0.4, -0.2) is 142 Å². The number of carbonyl (C=O) groups is 1. The van der Waals surface area contributed by atoms with Crippen molar-refractivity contribution in [3.63, 3.8) is 0 Å². The number of carbonyl (C=O) groups excluding carboxylic acids is 1. The van der Waals surface area contributed by atoms with Crippen molar-refractivity contribution >= 4 is 5.97 Å². The normalized spacial score (nSPS) is 25.5. The van der Waals surface area contributed by atoms with Crippen LogP contribution in [-0.2, 0) is 33.2 Å². The highest BCUT2D eigenvalue weighted by Crippen LogP contribution is 2.26. The fraction of sp³-hybridized carbons (Fsp3) is 0.845. The van der Waals surface area contributed by atoms with Crippen molar-refractivity contribution in [1.82, 2.24) is 0 Å². The maximum absolute atomic E-state index is 13.0. The minimum absolute atomic E-state index is 0.0560. The Kier molecular flexibility index (Phi) is 41.4. The summed E-state index contributed by atoms with van der Waals surface area (Å²) in [5.74, 6) is -0.387. The van der Waals surface area contributed by atoms with E-state index in [1.807, 2.05) is 0 Å². The van der Waals surface area contributed by atoms with Crippen LogP contribution in [0.15, 0.2) is 48.6 Å². The van der Waals surface area contributed by atoms with Crippen LogP contribution in [0.25, 0.3) is 0 Å². The molecule has 2 saturated heterocycles. The number of hydrogen-bond donors (Lipinski definition) is 7. The van der Waals surface area contributed by atoms with Gasteiger partial charge in [0.05, 0.1) is 26.4 Å². The van der Waals surface area contributed by atoms with Gasteiger partial charge < -0.3 is 64.2 Å². The molecule has 420 valence electrons. The van der Waals surface area contributed by atoms with E-state index in [4.69, 9.17) is 28.4 Å². The summed E-state index contributed by atoms with van der Waals surface area (Å²) in [6.45, 7) is 3.64. The van der Waals surface area contributed by atoms with Crippen LogP contribution in [0.5, 0.6) is 0 Å². The van der Waals surface area contributed by atoms with Gasteiger partial charge in [-0.1, -0.05) is 178 Å². The molecular formula is C58H104O14. The molecule has 0 spiro atoms. The third-order valence-electron chi connectivity index (χ3n) is 13.6. The van der Waals surface area contributed by atoms with Gasteiger partial charge in [0, 0.05) is 13.0 Å². The number of aliphatic hydroxyl groups is 7. The number of hydrogen-bond acceptors (Lipinski definition) is 14. The Morgan fingerprint density at radius 2 is 0.861 bits per heavy atom. The van der Waals surface area contributed by atoms with E-state index >= 15 is 0 Å². The van der Waals surface area contributed by atoms with E-state index in [0.717, 1.165) is 70.6 Å². The molecule has 2 heterocycles. The van der Waals surface area contributed by atoms with Gasteiger partial charge in [-0.25, -0.2) is 0 Å². The fourth-order valence-corrected chi connectivity index (χ4v) is 8.88. The first-order valence-electron chi connectivity index (χ1n) is 28.7. The van der Waals surface area contributed by atoms with Gasteiger partial charge >= 0.3 is 5.97 Å². The summed E-state index contributed by atoms with van der Waals surface area (Å²) in [4.78, 5) is 13.0. The molecule has 14 nitrogen and oxygen atoms in total. The molecule has 0 radical (unpaired) electrons. The monoisotopic (exact) mass is 1020 g/mol. The first-order valence-corrected chi connectivity index (χ1v) is 28.7. The summed E-state index contributed by atoms with van der Waals surface area (Å²) in [5.41, 5.74) is 0. The molecule has 0 aromatic heterocycles. The van der Waals surface area contributed by atoms with Gasteiger partial charge in [-0.05, 0) is 77.0 Å². The van der Waals surface area contributed by atoms with Crippen molar-refractivity contribution in [2.75, 3.05) is 33.0 Å². The van der Waals surface area contributed by atoms with Crippen molar-refractivity contribution in [1.29, 1.82) is 0 Å². The molecule has 0 saturated carbocycles. The second-order valence-electron chi connectivity index (χ2n) is 20.1. The molecule has 11 atom stereocenters. The lowest BCUT2D eigenvalue weighted by molar-refractivity contribution is -0.332. The van der Waals surface area contributed by atoms with Crippen molar-refractivity contribution < 1.29 is 69.0 Å². The van der Waals surface area contributed by atoms with E-state index in [1.165, 1.54) is 116 Å². The molecule has 2 fully saturated rings. The van der Waals surface area contributed by atoms with Crippen LogP contribution >= 0.6 is 0 Å². The average molecular weight is 1030 g/mol. The first-order chi connectivity index (χ1) is 35.1. The third kappa shape index (κ3) is 31.7. The second-order valence-corrected chi connectivity index (χ2v) is 20.1. The number of allylic oxidation sites excluding steroid dienone is 8. The standard InChI is InChI=1S/C58H104O14/c1-3-5-7-9-11-13-15-17-18-19-20-21-22-23-24-25-26-27-28-29-30-32-34-36-38-40-42-67-44-47(70-50(60)41-39-37-35-33-31-16-14-12-10-8-6-4-2)45-68-57-56(66)54(64)52(62)49(72-57)46-69-58-55(65)53(63)51(61)48(43-59)71-58/h12,14-15,17,19-20,22-23,47-49,51-59,61-66H,3-11,13,16,18,21,24-46H2,1-2H3/b14-12-,17-15-,20-19-,23-22-. The summed E-state index contributed by atoms with van der Waals surface area (Å²) in [6, 6.07) is 0. The third-order valence-corrected chi connectivity index (χ3v) is 13.6. The van der Waals surface area contributed by atoms with E-state index in [0.29, 0.717) is 13.0 Å². The Balaban J connectivity index is 1.67. The Morgan fingerprint density at radius 3 is 1.39 bits per heavy atom. The van der Waals surface area contributed by atoms with Crippen molar-refractivity contribution in [2.45, 2.75) is 280 Å². The zero-order valence-corrected chi connectivity index (χ0v) is 44.9. The highest BCUT2D eigenvalue weighted by molar-refractivity contribution is 5.69. The van der Waals surface area contributed by atoms with Gasteiger partial charge in [-0.2, -0.15) is 0 Å². The molecule has 2 rings (SSSR count). The molecule has 0 aliphatic carbocycles. The van der Waals surface area contributed by atoms with Gasteiger partial charge in [0.15, 0.2) is 12.6 Å². The molecule has 11 unspecified atom stereocenters. The lowest BCUT2D eigenvalue weighted by atomic mass is 9.98. The van der Waals surface area contributed by atoms with Crippen molar-refractivity contribution in [3.05, 3.63) is 48.6 Å². The van der Waals surface area contributed by atoms with Gasteiger partial charge in [0.1, 0.15) is 54.9 Å². The molecule has 2 aliphatic rings. The van der Waals surface area contributed by atoms with E-state index in [2.05, 4.69) is 62.5 Å². The summed E-state index contributed by atoms with van der Waals surface area (Å²) >= 11 is 0. The van der Waals surface area contributed by atoms with Gasteiger partial charge in [0.25, 0.3) is 0 Å². The van der Waals surface area contributed by atoms with Crippen LogP contribution in [0.1, 0.15) is 213 Å². The lowest BCUT2D eigenvalue weighted by Crippen LogP contribution is -2.61. The van der Waals surface area contributed by atoms with E-state index in [1.54, 1.807) is 0 Å². The van der Waals surface area contributed by atoms with Gasteiger partial charge in [0.2, 0.25) is 0 Å². The molecule has 0 aromatic rings. The molecule has 2 aliphatic heterocycles. The van der Waals surface area contributed by atoms with E-state index in [9.17, 15) is 40.5 Å². The maximum Gasteiger partial charge on any atom is 0.306 e. The van der Waals surface area contributed by atoms with Crippen LogP contribution in [0.3, 0.4) is 0 Å². The summed E-state index contributed by atoms with van der Waals surface area (Å²) < 4.78 is 34.3. The van der Waals surface area contributed by atoms with E-state index < -0.39 is 80.7 Å².